The Morgan fingerprint density at radius 3 is 2.88 bits per heavy atom. The summed E-state index contributed by atoms with van der Waals surface area (Å²) in [4.78, 5) is 1.21. The lowest BCUT2D eigenvalue weighted by atomic mass is 10.1. The first-order chi connectivity index (χ1) is 7.72. The fourth-order valence-corrected chi connectivity index (χ4v) is 2.95. The molecule has 0 amide bonds. The van der Waals surface area contributed by atoms with E-state index in [0.29, 0.717) is 0 Å². The van der Waals surface area contributed by atoms with E-state index in [1.54, 1.807) is 11.8 Å². The molecule has 1 unspecified atom stereocenters. The topological polar surface area (TPSA) is 20.2 Å². The number of unbranched alkanes of at least 4 members (excludes halogenated alkanes) is 2. The minimum atomic E-state index is -0.171. The van der Waals surface area contributed by atoms with Gasteiger partial charge in [-0.25, -0.2) is 0 Å². The normalized spacial score (nSPS) is 12.7. The van der Waals surface area contributed by atoms with Gasteiger partial charge in [-0.2, -0.15) is 0 Å². The Morgan fingerprint density at radius 1 is 1.38 bits per heavy atom. The van der Waals surface area contributed by atoms with Crippen LogP contribution in [0.3, 0.4) is 0 Å². The van der Waals surface area contributed by atoms with Crippen LogP contribution in [0.1, 0.15) is 32.6 Å². The molecule has 90 valence electrons. The third-order valence-electron chi connectivity index (χ3n) is 2.38. The highest BCUT2D eigenvalue weighted by molar-refractivity contribution is 9.10. The van der Waals surface area contributed by atoms with Crippen LogP contribution in [-0.2, 0) is 0 Å². The summed E-state index contributed by atoms with van der Waals surface area (Å²) >= 11 is 5.17. The molecule has 1 aromatic carbocycles. The Morgan fingerprint density at radius 2 is 2.19 bits per heavy atom. The molecular formula is C13H19BrOS. The van der Waals surface area contributed by atoms with Crippen LogP contribution in [0.15, 0.2) is 33.6 Å². The highest BCUT2D eigenvalue weighted by Crippen LogP contribution is 2.23. The molecule has 1 nitrogen and oxygen atoms in total. The van der Waals surface area contributed by atoms with E-state index in [4.69, 9.17) is 0 Å². The smallest absolute Gasteiger partial charge is 0.0634 e. The molecule has 1 aromatic rings. The fraction of sp³-hybridized carbons (Fsp3) is 0.538. The first-order valence-corrected chi connectivity index (χ1v) is 7.56. The zero-order valence-electron chi connectivity index (χ0n) is 9.66. The Balaban J connectivity index is 2.23. The standard InChI is InChI=1S/C13H19BrOS/c1-2-3-4-7-12(15)10-16-13-8-5-6-11(14)9-13/h5-6,8-9,12,15H,2-4,7,10H2,1H3. The lowest BCUT2D eigenvalue weighted by Gasteiger charge is -2.09. The number of hydrogen-bond acceptors (Lipinski definition) is 2. The van der Waals surface area contributed by atoms with Crippen LogP contribution in [0, 0.1) is 0 Å². The lowest BCUT2D eigenvalue weighted by Crippen LogP contribution is -2.09. The van der Waals surface area contributed by atoms with Gasteiger partial charge < -0.3 is 5.11 Å². The van der Waals surface area contributed by atoms with Crippen molar-refractivity contribution in [3.63, 3.8) is 0 Å². The summed E-state index contributed by atoms with van der Waals surface area (Å²) in [5.74, 6) is 0.792. The van der Waals surface area contributed by atoms with Crippen molar-refractivity contribution in [2.24, 2.45) is 0 Å². The average Bonchev–Trinajstić information content (AvgIpc) is 2.27. The van der Waals surface area contributed by atoms with Gasteiger partial charge >= 0.3 is 0 Å². The van der Waals surface area contributed by atoms with Gasteiger partial charge in [0.05, 0.1) is 6.10 Å². The number of benzene rings is 1. The molecule has 0 aliphatic carbocycles. The second-order valence-electron chi connectivity index (χ2n) is 3.92. The van der Waals surface area contributed by atoms with Gasteiger partial charge in [-0.3, -0.25) is 0 Å². The molecule has 0 saturated heterocycles. The van der Waals surface area contributed by atoms with Gasteiger partial charge in [0.25, 0.3) is 0 Å². The number of aliphatic hydroxyl groups is 1. The van der Waals surface area contributed by atoms with Gasteiger partial charge in [-0.15, -0.1) is 11.8 Å². The minimum absolute atomic E-state index is 0.171. The summed E-state index contributed by atoms with van der Waals surface area (Å²) in [6.45, 7) is 2.18. The summed E-state index contributed by atoms with van der Waals surface area (Å²) < 4.78 is 1.10. The van der Waals surface area contributed by atoms with E-state index in [2.05, 4.69) is 35.0 Å². The predicted molar refractivity (Wildman–Crippen MR) is 75.0 cm³/mol. The number of rotatable bonds is 7. The maximum atomic E-state index is 9.77. The Labute approximate surface area is 111 Å². The summed E-state index contributed by atoms with van der Waals surface area (Å²) in [6.07, 6.45) is 4.32. The van der Waals surface area contributed by atoms with Crippen molar-refractivity contribution in [2.45, 2.75) is 43.6 Å². The van der Waals surface area contributed by atoms with Gasteiger partial charge in [-0.1, -0.05) is 48.2 Å². The van der Waals surface area contributed by atoms with Crippen LogP contribution in [0.25, 0.3) is 0 Å². The molecule has 0 fully saturated rings. The van der Waals surface area contributed by atoms with E-state index in [9.17, 15) is 5.11 Å². The summed E-state index contributed by atoms with van der Waals surface area (Å²) in [6, 6.07) is 8.20. The largest absolute Gasteiger partial charge is 0.392 e. The highest BCUT2D eigenvalue weighted by atomic mass is 79.9. The molecule has 0 radical (unpaired) electrons. The van der Waals surface area contributed by atoms with E-state index in [1.165, 1.54) is 17.7 Å². The van der Waals surface area contributed by atoms with Crippen molar-refractivity contribution in [1.29, 1.82) is 0 Å². The average molecular weight is 303 g/mol. The number of halogens is 1. The zero-order valence-corrected chi connectivity index (χ0v) is 12.1. The molecule has 1 rings (SSSR count). The van der Waals surface area contributed by atoms with E-state index in [0.717, 1.165) is 23.1 Å². The quantitative estimate of drug-likeness (QED) is 0.592. The molecule has 3 heteroatoms. The Bertz CT molecular complexity index is 304. The SMILES string of the molecule is CCCCCC(O)CSc1cccc(Br)c1. The van der Waals surface area contributed by atoms with Gasteiger partial charge in [0.1, 0.15) is 0 Å². The molecule has 0 saturated carbocycles. The van der Waals surface area contributed by atoms with Crippen LogP contribution in [0.4, 0.5) is 0 Å². The number of hydrogen-bond donors (Lipinski definition) is 1. The molecular weight excluding hydrogens is 284 g/mol. The molecule has 0 aromatic heterocycles. The van der Waals surface area contributed by atoms with E-state index < -0.39 is 0 Å². The molecule has 0 spiro atoms. The van der Waals surface area contributed by atoms with Gasteiger partial charge in [-0.05, 0) is 24.6 Å². The molecule has 0 heterocycles. The summed E-state index contributed by atoms with van der Waals surface area (Å²) in [7, 11) is 0. The molecule has 0 aliphatic rings. The number of aliphatic hydroxyl groups excluding tert-OH is 1. The first-order valence-electron chi connectivity index (χ1n) is 5.78. The molecule has 0 aliphatic heterocycles. The monoisotopic (exact) mass is 302 g/mol. The van der Waals surface area contributed by atoms with Crippen LogP contribution in [0.5, 0.6) is 0 Å². The fourth-order valence-electron chi connectivity index (χ4n) is 1.46. The Hall–Kier alpha value is 0.01000. The third kappa shape index (κ3) is 5.92. The predicted octanol–water partition coefficient (Wildman–Crippen LogP) is 4.48. The van der Waals surface area contributed by atoms with E-state index in [-0.39, 0.29) is 6.10 Å². The Kier molecular flexibility index (Phi) is 7.17. The van der Waals surface area contributed by atoms with Crippen molar-refractivity contribution in [3.05, 3.63) is 28.7 Å². The van der Waals surface area contributed by atoms with Crippen LogP contribution in [-0.4, -0.2) is 17.0 Å². The van der Waals surface area contributed by atoms with E-state index >= 15 is 0 Å². The first kappa shape index (κ1) is 14.1. The molecule has 1 atom stereocenters. The van der Waals surface area contributed by atoms with Crippen molar-refractivity contribution in [2.75, 3.05) is 5.75 Å². The molecule has 0 bridgehead atoms. The van der Waals surface area contributed by atoms with Crippen molar-refractivity contribution in [3.8, 4) is 0 Å². The van der Waals surface area contributed by atoms with E-state index in [1.807, 2.05) is 12.1 Å². The summed E-state index contributed by atoms with van der Waals surface area (Å²) in [5, 5.41) is 9.77. The molecule has 16 heavy (non-hydrogen) atoms. The molecule has 1 N–H and O–H groups in total. The second kappa shape index (κ2) is 8.15. The third-order valence-corrected chi connectivity index (χ3v) is 4.01. The van der Waals surface area contributed by atoms with Gasteiger partial charge in [0.2, 0.25) is 0 Å². The van der Waals surface area contributed by atoms with Gasteiger partial charge in [0, 0.05) is 15.1 Å². The zero-order chi connectivity index (χ0) is 11.8. The van der Waals surface area contributed by atoms with Crippen molar-refractivity contribution >= 4 is 27.7 Å². The van der Waals surface area contributed by atoms with Gasteiger partial charge in [0.15, 0.2) is 0 Å². The van der Waals surface area contributed by atoms with Crippen LogP contribution < -0.4 is 0 Å². The highest BCUT2D eigenvalue weighted by Gasteiger charge is 2.04. The maximum absolute atomic E-state index is 9.77. The number of thioether (sulfide) groups is 1. The maximum Gasteiger partial charge on any atom is 0.0634 e. The lowest BCUT2D eigenvalue weighted by molar-refractivity contribution is 0.185. The van der Waals surface area contributed by atoms with Crippen LogP contribution >= 0.6 is 27.7 Å². The van der Waals surface area contributed by atoms with Crippen molar-refractivity contribution < 1.29 is 5.11 Å². The second-order valence-corrected chi connectivity index (χ2v) is 5.93. The van der Waals surface area contributed by atoms with Crippen molar-refractivity contribution in [1.82, 2.24) is 0 Å². The minimum Gasteiger partial charge on any atom is -0.392 e. The van der Waals surface area contributed by atoms with Crippen LogP contribution in [0.2, 0.25) is 0 Å². The summed E-state index contributed by atoms with van der Waals surface area (Å²) in [5.41, 5.74) is 0.